The molecule has 15 heavy (non-hydrogen) atoms. The highest BCUT2D eigenvalue weighted by Gasteiger charge is 2.13. The van der Waals surface area contributed by atoms with Gasteiger partial charge in [-0.15, -0.1) is 0 Å². The van der Waals surface area contributed by atoms with E-state index >= 15 is 0 Å². The van der Waals surface area contributed by atoms with Crippen molar-refractivity contribution in [2.45, 2.75) is 39.0 Å². The molecule has 0 bridgehead atoms. The van der Waals surface area contributed by atoms with Crippen LogP contribution in [0.5, 0.6) is 0 Å². The number of benzene rings is 1. The van der Waals surface area contributed by atoms with Crippen LogP contribution in [0.3, 0.4) is 0 Å². The summed E-state index contributed by atoms with van der Waals surface area (Å²) in [5.41, 5.74) is 5.41. The molecule has 1 aliphatic carbocycles. The molecule has 0 radical (unpaired) electrons. The van der Waals surface area contributed by atoms with Gasteiger partial charge in [-0.2, -0.15) is 0 Å². The summed E-state index contributed by atoms with van der Waals surface area (Å²) < 4.78 is 0. The zero-order valence-corrected chi connectivity index (χ0v) is 9.14. The number of rotatable bonds is 2. The first-order valence-corrected chi connectivity index (χ1v) is 5.87. The number of fused-ring (bicyclic) bond motifs is 2. The highest BCUT2D eigenvalue weighted by Crippen LogP contribution is 2.26. The first-order valence-electron chi connectivity index (χ1n) is 5.87. The lowest BCUT2D eigenvalue weighted by atomic mass is 10.1. The maximum absolute atomic E-state index is 4.62. The molecule has 0 spiro atoms. The molecule has 1 aromatic carbocycles. The molecule has 2 heteroatoms. The van der Waals surface area contributed by atoms with Crippen LogP contribution in [0.25, 0.3) is 11.0 Å². The Bertz CT molecular complexity index is 455. The number of aryl methyl sites for hydroxylation is 3. The van der Waals surface area contributed by atoms with Gasteiger partial charge in [0.15, 0.2) is 0 Å². The molecule has 3 rings (SSSR count). The second kappa shape index (κ2) is 3.37. The van der Waals surface area contributed by atoms with Crippen LogP contribution in [0.4, 0.5) is 0 Å². The first-order chi connectivity index (χ1) is 7.36. The van der Waals surface area contributed by atoms with Crippen molar-refractivity contribution in [1.29, 1.82) is 0 Å². The summed E-state index contributed by atoms with van der Waals surface area (Å²) in [6.07, 6.45) is 6.00. The number of nitrogens with zero attached hydrogens (tertiary/aromatic N) is 1. The van der Waals surface area contributed by atoms with Crippen LogP contribution in [-0.4, -0.2) is 9.97 Å². The maximum atomic E-state index is 4.62. The van der Waals surface area contributed by atoms with Crippen molar-refractivity contribution in [1.82, 2.24) is 9.97 Å². The zero-order valence-electron chi connectivity index (χ0n) is 9.14. The Morgan fingerprint density at radius 3 is 2.87 bits per heavy atom. The van der Waals surface area contributed by atoms with Gasteiger partial charge in [0.2, 0.25) is 0 Å². The Kier molecular flexibility index (Phi) is 2.01. The monoisotopic (exact) mass is 200 g/mol. The number of hydrogen-bond acceptors (Lipinski definition) is 1. The predicted octanol–water partition coefficient (Wildman–Crippen LogP) is 3.00. The molecule has 0 aliphatic heterocycles. The lowest BCUT2D eigenvalue weighted by molar-refractivity contribution is 0.861. The summed E-state index contributed by atoms with van der Waals surface area (Å²) in [5.74, 6) is 1.14. The largest absolute Gasteiger partial charge is 0.342 e. The van der Waals surface area contributed by atoms with Crippen LogP contribution in [0.15, 0.2) is 12.1 Å². The van der Waals surface area contributed by atoms with Crippen molar-refractivity contribution in [3.05, 3.63) is 29.1 Å². The van der Waals surface area contributed by atoms with Crippen LogP contribution in [0.1, 0.15) is 36.7 Å². The van der Waals surface area contributed by atoms with E-state index < -0.39 is 0 Å². The molecular formula is C13H16N2. The minimum atomic E-state index is 1.05. The van der Waals surface area contributed by atoms with E-state index in [1.54, 1.807) is 0 Å². The average Bonchev–Trinajstić information content (AvgIpc) is 2.78. The molecule has 2 aromatic rings. The number of H-pyrrole nitrogens is 1. The van der Waals surface area contributed by atoms with E-state index in [4.69, 9.17) is 0 Å². The Morgan fingerprint density at radius 1 is 1.27 bits per heavy atom. The van der Waals surface area contributed by atoms with E-state index in [2.05, 4.69) is 29.0 Å². The quantitative estimate of drug-likeness (QED) is 0.793. The fourth-order valence-corrected chi connectivity index (χ4v) is 2.49. The van der Waals surface area contributed by atoms with Crippen molar-refractivity contribution in [2.75, 3.05) is 0 Å². The highest BCUT2D eigenvalue weighted by atomic mass is 14.9. The van der Waals surface area contributed by atoms with Crippen LogP contribution in [-0.2, 0) is 19.3 Å². The second-order valence-electron chi connectivity index (χ2n) is 4.43. The van der Waals surface area contributed by atoms with Crippen LogP contribution in [0, 0.1) is 0 Å². The van der Waals surface area contributed by atoms with Gasteiger partial charge in [-0.05, 0) is 48.9 Å². The smallest absolute Gasteiger partial charge is 0.107 e. The molecule has 0 saturated carbocycles. The number of aromatic nitrogens is 2. The number of imidazole rings is 1. The first kappa shape index (κ1) is 8.96. The summed E-state index contributed by atoms with van der Waals surface area (Å²) in [6.45, 7) is 2.19. The van der Waals surface area contributed by atoms with Gasteiger partial charge in [-0.1, -0.05) is 6.92 Å². The molecule has 1 heterocycles. The molecule has 78 valence electrons. The third-order valence-corrected chi connectivity index (χ3v) is 3.23. The molecule has 1 N–H and O–H groups in total. The Hall–Kier alpha value is -1.31. The highest BCUT2D eigenvalue weighted by molar-refractivity contribution is 5.77. The number of nitrogens with one attached hydrogen (secondary N) is 1. The summed E-state index contributed by atoms with van der Waals surface area (Å²) in [5, 5.41) is 0. The maximum Gasteiger partial charge on any atom is 0.107 e. The average molecular weight is 200 g/mol. The van der Waals surface area contributed by atoms with Crippen LogP contribution >= 0.6 is 0 Å². The van der Waals surface area contributed by atoms with E-state index in [9.17, 15) is 0 Å². The molecule has 1 aliphatic rings. The fourth-order valence-electron chi connectivity index (χ4n) is 2.49. The standard InChI is InChI=1S/C13H16N2/c1-2-4-13-14-11-7-9-5-3-6-10(9)8-12(11)15-13/h7-8H,2-6H2,1H3,(H,14,15). The van der Waals surface area contributed by atoms with Crippen molar-refractivity contribution >= 4 is 11.0 Å². The Morgan fingerprint density at radius 2 is 2.07 bits per heavy atom. The molecule has 0 unspecified atom stereocenters. The molecule has 2 nitrogen and oxygen atoms in total. The van der Waals surface area contributed by atoms with Crippen molar-refractivity contribution in [3.8, 4) is 0 Å². The van der Waals surface area contributed by atoms with E-state index in [0.29, 0.717) is 0 Å². The lowest BCUT2D eigenvalue weighted by Crippen LogP contribution is -1.84. The third-order valence-electron chi connectivity index (χ3n) is 3.23. The SMILES string of the molecule is CCCc1nc2cc3c(cc2[nH]1)CCC3. The van der Waals surface area contributed by atoms with Crippen molar-refractivity contribution in [2.24, 2.45) is 0 Å². The van der Waals surface area contributed by atoms with Gasteiger partial charge in [0.25, 0.3) is 0 Å². The normalized spacial score (nSPS) is 14.7. The van der Waals surface area contributed by atoms with E-state index in [1.807, 2.05) is 0 Å². The van der Waals surface area contributed by atoms with Gasteiger partial charge in [-0.25, -0.2) is 4.98 Å². The van der Waals surface area contributed by atoms with E-state index in [0.717, 1.165) is 24.2 Å². The minimum Gasteiger partial charge on any atom is -0.342 e. The fraction of sp³-hybridized carbons (Fsp3) is 0.462. The van der Waals surface area contributed by atoms with Gasteiger partial charge >= 0.3 is 0 Å². The molecule has 0 fully saturated rings. The predicted molar refractivity (Wildman–Crippen MR) is 62.1 cm³/mol. The topological polar surface area (TPSA) is 28.7 Å². The summed E-state index contributed by atoms with van der Waals surface area (Å²) in [7, 11) is 0. The summed E-state index contributed by atoms with van der Waals surface area (Å²) >= 11 is 0. The minimum absolute atomic E-state index is 1.05. The van der Waals surface area contributed by atoms with Crippen molar-refractivity contribution in [3.63, 3.8) is 0 Å². The molecule has 1 aromatic heterocycles. The Labute approximate surface area is 89.7 Å². The number of hydrogen-bond donors (Lipinski definition) is 1. The van der Waals surface area contributed by atoms with Gasteiger partial charge < -0.3 is 4.98 Å². The van der Waals surface area contributed by atoms with Crippen LogP contribution in [0.2, 0.25) is 0 Å². The second-order valence-corrected chi connectivity index (χ2v) is 4.43. The Balaban J connectivity index is 2.12. The van der Waals surface area contributed by atoms with Crippen molar-refractivity contribution < 1.29 is 0 Å². The molecule has 0 saturated heterocycles. The third kappa shape index (κ3) is 1.44. The number of aromatic amines is 1. The van der Waals surface area contributed by atoms with Crippen LogP contribution < -0.4 is 0 Å². The molecule has 0 atom stereocenters. The zero-order chi connectivity index (χ0) is 10.3. The lowest BCUT2D eigenvalue weighted by Gasteiger charge is -1.96. The molecule has 0 amide bonds. The van der Waals surface area contributed by atoms with Gasteiger partial charge in [0.1, 0.15) is 5.82 Å². The van der Waals surface area contributed by atoms with Gasteiger partial charge in [0, 0.05) is 6.42 Å². The summed E-state index contributed by atoms with van der Waals surface area (Å²) in [4.78, 5) is 8.04. The van der Waals surface area contributed by atoms with E-state index in [1.165, 1.54) is 35.9 Å². The van der Waals surface area contributed by atoms with E-state index in [-0.39, 0.29) is 0 Å². The molecular weight excluding hydrogens is 184 g/mol. The summed E-state index contributed by atoms with van der Waals surface area (Å²) in [6, 6.07) is 4.57. The van der Waals surface area contributed by atoms with Gasteiger partial charge in [0.05, 0.1) is 11.0 Å². The van der Waals surface area contributed by atoms with Gasteiger partial charge in [-0.3, -0.25) is 0 Å².